The number of carbonyl (C=O) groups is 2. The summed E-state index contributed by atoms with van der Waals surface area (Å²) >= 11 is 0. The van der Waals surface area contributed by atoms with Crippen molar-refractivity contribution in [3.8, 4) is 5.75 Å². The van der Waals surface area contributed by atoms with Crippen molar-refractivity contribution in [1.29, 1.82) is 0 Å². The van der Waals surface area contributed by atoms with Crippen LogP contribution in [-0.2, 0) is 11.3 Å². The normalized spacial score (nSPS) is 10.1. The summed E-state index contributed by atoms with van der Waals surface area (Å²) in [5, 5.41) is 5.44. The molecular formula is C23H22N2O4. The van der Waals surface area contributed by atoms with Crippen molar-refractivity contribution in [1.82, 2.24) is 0 Å². The molecule has 2 amide bonds. The number of hydrogen-bond donors (Lipinski definition) is 2. The van der Waals surface area contributed by atoms with E-state index in [0.29, 0.717) is 23.5 Å². The molecule has 2 N–H and O–H groups in total. The Labute approximate surface area is 169 Å². The summed E-state index contributed by atoms with van der Waals surface area (Å²) in [6.45, 7) is 2.63. The second-order valence-electron chi connectivity index (χ2n) is 6.14. The average molecular weight is 390 g/mol. The molecule has 29 heavy (non-hydrogen) atoms. The van der Waals surface area contributed by atoms with Crippen LogP contribution in [0.2, 0.25) is 0 Å². The highest BCUT2D eigenvalue weighted by atomic mass is 16.5. The van der Waals surface area contributed by atoms with E-state index in [-0.39, 0.29) is 12.5 Å². The number of benzene rings is 3. The van der Waals surface area contributed by atoms with Crippen LogP contribution in [0.1, 0.15) is 22.8 Å². The number of carbonyl (C=O) groups excluding carboxylic acids is 2. The molecule has 0 fully saturated rings. The second kappa shape index (κ2) is 9.94. The number of rotatable bonds is 7. The third-order valence-corrected chi connectivity index (χ3v) is 4.04. The number of hydrogen-bond acceptors (Lipinski definition) is 4. The van der Waals surface area contributed by atoms with Crippen molar-refractivity contribution in [2.75, 3.05) is 17.2 Å². The van der Waals surface area contributed by atoms with E-state index in [2.05, 4.69) is 10.6 Å². The SMILES string of the molecule is CCOc1ccc(NC(=O)c2ccccc2NC(=O)OCc2ccccc2)cc1. The standard InChI is InChI=1S/C23H22N2O4/c1-2-28-19-14-12-18(13-15-19)24-22(26)20-10-6-7-11-21(20)25-23(27)29-16-17-8-4-3-5-9-17/h3-15H,2,16H2,1H3,(H,24,26)(H,25,27). The predicted molar refractivity (Wildman–Crippen MR) is 112 cm³/mol. The first kappa shape index (κ1) is 19.9. The van der Waals surface area contributed by atoms with Gasteiger partial charge in [0.2, 0.25) is 0 Å². The smallest absolute Gasteiger partial charge is 0.411 e. The van der Waals surface area contributed by atoms with E-state index < -0.39 is 6.09 Å². The summed E-state index contributed by atoms with van der Waals surface area (Å²) in [4.78, 5) is 24.8. The molecule has 0 aliphatic heterocycles. The van der Waals surface area contributed by atoms with E-state index in [4.69, 9.17) is 9.47 Å². The van der Waals surface area contributed by atoms with Crippen LogP contribution in [0.15, 0.2) is 78.9 Å². The molecule has 6 nitrogen and oxygen atoms in total. The zero-order valence-corrected chi connectivity index (χ0v) is 16.1. The van der Waals surface area contributed by atoms with Crippen LogP contribution in [-0.4, -0.2) is 18.6 Å². The van der Waals surface area contributed by atoms with E-state index in [1.165, 1.54) is 0 Å². The highest BCUT2D eigenvalue weighted by Gasteiger charge is 2.14. The molecule has 0 radical (unpaired) electrons. The maximum atomic E-state index is 12.7. The summed E-state index contributed by atoms with van der Waals surface area (Å²) in [7, 11) is 0. The molecule has 0 heterocycles. The highest BCUT2D eigenvalue weighted by molar-refractivity contribution is 6.09. The summed E-state index contributed by atoms with van der Waals surface area (Å²) in [5.74, 6) is 0.391. The molecule has 3 rings (SSSR count). The van der Waals surface area contributed by atoms with E-state index >= 15 is 0 Å². The fourth-order valence-corrected chi connectivity index (χ4v) is 2.66. The maximum absolute atomic E-state index is 12.7. The van der Waals surface area contributed by atoms with Crippen molar-refractivity contribution in [3.05, 3.63) is 90.0 Å². The second-order valence-corrected chi connectivity index (χ2v) is 6.14. The highest BCUT2D eigenvalue weighted by Crippen LogP contribution is 2.20. The zero-order valence-electron chi connectivity index (χ0n) is 16.1. The van der Waals surface area contributed by atoms with Gasteiger partial charge < -0.3 is 14.8 Å². The minimum atomic E-state index is -0.629. The maximum Gasteiger partial charge on any atom is 0.411 e. The number of amides is 2. The van der Waals surface area contributed by atoms with Gasteiger partial charge in [-0.25, -0.2) is 4.79 Å². The molecule has 0 aliphatic rings. The Kier molecular flexibility index (Phi) is 6.84. The predicted octanol–water partition coefficient (Wildman–Crippen LogP) is 5.09. The van der Waals surface area contributed by atoms with Crippen LogP contribution in [0.3, 0.4) is 0 Å². The van der Waals surface area contributed by atoms with Crippen molar-refractivity contribution in [3.63, 3.8) is 0 Å². The Morgan fingerprint density at radius 2 is 1.52 bits per heavy atom. The summed E-state index contributed by atoms with van der Waals surface area (Å²) in [6.07, 6.45) is -0.629. The number of nitrogens with one attached hydrogen (secondary N) is 2. The molecule has 3 aromatic carbocycles. The molecule has 0 aliphatic carbocycles. The van der Waals surface area contributed by atoms with E-state index in [9.17, 15) is 9.59 Å². The van der Waals surface area contributed by atoms with Crippen LogP contribution < -0.4 is 15.4 Å². The largest absolute Gasteiger partial charge is 0.494 e. The van der Waals surface area contributed by atoms with E-state index in [0.717, 1.165) is 11.3 Å². The third kappa shape index (κ3) is 5.84. The van der Waals surface area contributed by atoms with Gasteiger partial charge >= 0.3 is 6.09 Å². The van der Waals surface area contributed by atoms with Gasteiger partial charge in [0.25, 0.3) is 5.91 Å². The molecule has 0 spiro atoms. The molecule has 0 aromatic heterocycles. The van der Waals surface area contributed by atoms with Crippen LogP contribution in [0.25, 0.3) is 0 Å². The minimum absolute atomic E-state index is 0.146. The molecule has 0 unspecified atom stereocenters. The molecule has 6 heteroatoms. The quantitative estimate of drug-likeness (QED) is 0.589. The van der Waals surface area contributed by atoms with E-state index in [1.54, 1.807) is 48.5 Å². The lowest BCUT2D eigenvalue weighted by Gasteiger charge is -2.12. The van der Waals surface area contributed by atoms with Crippen molar-refractivity contribution in [2.45, 2.75) is 13.5 Å². The molecule has 0 saturated carbocycles. The van der Waals surface area contributed by atoms with Crippen molar-refractivity contribution < 1.29 is 19.1 Å². The minimum Gasteiger partial charge on any atom is -0.494 e. The molecule has 0 saturated heterocycles. The fraction of sp³-hybridized carbons (Fsp3) is 0.130. The molecule has 0 bridgehead atoms. The van der Waals surface area contributed by atoms with Gasteiger partial charge in [0.1, 0.15) is 12.4 Å². The zero-order chi connectivity index (χ0) is 20.5. The molecule has 3 aromatic rings. The van der Waals surface area contributed by atoms with Gasteiger partial charge in [-0.3, -0.25) is 10.1 Å². The first-order valence-electron chi connectivity index (χ1n) is 9.26. The van der Waals surface area contributed by atoms with Gasteiger partial charge in [-0.15, -0.1) is 0 Å². The lowest BCUT2D eigenvalue weighted by atomic mass is 10.1. The van der Waals surface area contributed by atoms with Gasteiger partial charge in [0.05, 0.1) is 17.9 Å². The third-order valence-electron chi connectivity index (χ3n) is 4.04. The topological polar surface area (TPSA) is 76.7 Å². The van der Waals surface area contributed by atoms with Gasteiger partial charge in [-0.05, 0) is 48.9 Å². The number of anilines is 2. The Morgan fingerprint density at radius 3 is 2.24 bits per heavy atom. The van der Waals surface area contributed by atoms with Crippen LogP contribution in [0.4, 0.5) is 16.2 Å². The molecule has 0 atom stereocenters. The molecular weight excluding hydrogens is 368 g/mol. The van der Waals surface area contributed by atoms with Crippen molar-refractivity contribution in [2.24, 2.45) is 0 Å². The summed E-state index contributed by atoms with van der Waals surface area (Å²) in [5.41, 5.74) is 2.20. The monoisotopic (exact) mass is 390 g/mol. The Hall–Kier alpha value is -3.80. The first-order valence-corrected chi connectivity index (χ1v) is 9.26. The lowest BCUT2D eigenvalue weighted by Crippen LogP contribution is -2.18. The molecule has 148 valence electrons. The van der Waals surface area contributed by atoms with Crippen LogP contribution >= 0.6 is 0 Å². The van der Waals surface area contributed by atoms with Crippen molar-refractivity contribution >= 4 is 23.4 Å². The number of ether oxygens (including phenoxy) is 2. The Bertz CT molecular complexity index is 956. The van der Waals surface area contributed by atoms with Crippen LogP contribution in [0.5, 0.6) is 5.75 Å². The average Bonchev–Trinajstić information content (AvgIpc) is 2.75. The fourth-order valence-electron chi connectivity index (χ4n) is 2.66. The first-order chi connectivity index (χ1) is 14.2. The van der Waals surface area contributed by atoms with Gasteiger partial charge in [-0.1, -0.05) is 42.5 Å². The summed E-state index contributed by atoms with van der Waals surface area (Å²) in [6, 6.07) is 23.2. The van der Waals surface area contributed by atoms with Gasteiger partial charge in [0, 0.05) is 5.69 Å². The van der Waals surface area contributed by atoms with Gasteiger partial charge in [-0.2, -0.15) is 0 Å². The lowest BCUT2D eigenvalue weighted by molar-refractivity contribution is 0.102. The Balaban J connectivity index is 1.63. The van der Waals surface area contributed by atoms with Gasteiger partial charge in [0.15, 0.2) is 0 Å². The van der Waals surface area contributed by atoms with E-state index in [1.807, 2.05) is 37.3 Å². The Morgan fingerprint density at radius 1 is 0.828 bits per heavy atom. The number of para-hydroxylation sites is 1. The summed E-state index contributed by atoms with van der Waals surface area (Å²) < 4.78 is 10.6. The van der Waals surface area contributed by atoms with Crippen LogP contribution in [0, 0.1) is 0 Å².